The molecule has 0 aliphatic carbocycles. The minimum atomic E-state index is -0.909. The van der Waals surface area contributed by atoms with Crippen LogP contribution in [0.5, 0.6) is 0 Å². The fraction of sp³-hybridized carbons (Fsp3) is 0.214. The van der Waals surface area contributed by atoms with Crippen molar-refractivity contribution in [3.63, 3.8) is 0 Å². The lowest BCUT2D eigenvalue weighted by Crippen LogP contribution is -2.06. The zero-order valence-electron chi connectivity index (χ0n) is 10.2. The minimum Gasteiger partial charge on any atom is -0.477 e. The van der Waals surface area contributed by atoms with Gasteiger partial charge in [-0.3, -0.25) is 0 Å². The van der Waals surface area contributed by atoms with Crippen LogP contribution in [0.3, 0.4) is 0 Å². The van der Waals surface area contributed by atoms with Gasteiger partial charge >= 0.3 is 5.97 Å². The van der Waals surface area contributed by atoms with E-state index in [1.165, 1.54) is 5.56 Å². The van der Waals surface area contributed by atoms with E-state index in [4.69, 9.17) is 0 Å². The number of benzene rings is 1. The van der Waals surface area contributed by atoms with Gasteiger partial charge in [0.1, 0.15) is 5.69 Å². The molecule has 0 unspecified atom stereocenters. The lowest BCUT2D eigenvalue weighted by atomic mass is 10.0. The van der Waals surface area contributed by atoms with Crippen LogP contribution in [-0.2, 0) is 0 Å². The number of aromatic carboxylic acids is 1. The number of hydrogen-bond donors (Lipinski definition) is 1. The van der Waals surface area contributed by atoms with Gasteiger partial charge in [-0.2, -0.15) is 0 Å². The summed E-state index contributed by atoms with van der Waals surface area (Å²) in [6.45, 7) is 4.24. The monoisotopic (exact) mass is 355 g/mol. The molecule has 0 spiro atoms. The van der Waals surface area contributed by atoms with Crippen molar-refractivity contribution in [1.82, 2.24) is 4.57 Å². The van der Waals surface area contributed by atoms with Crippen molar-refractivity contribution in [2.75, 3.05) is 0 Å². The molecule has 1 heterocycles. The second-order valence-corrected chi connectivity index (χ2v) is 5.71. The number of halogens is 1. The summed E-state index contributed by atoms with van der Waals surface area (Å²) in [4.78, 5) is 11.2. The smallest absolute Gasteiger partial charge is 0.352 e. The summed E-state index contributed by atoms with van der Waals surface area (Å²) < 4.78 is 2.63. The molecule has 4 heteroatoms. The largest absolute Gasteiger partial charge is 0.477 e. The number of carboxylic acid groups (broad SMARTS) is 1. The van der Waals surface area contributed by atoms with Gasteiger partial charge in [0.05, 0.1) is 0 Å². The third-order valence-electron chi connectivity index (χ3n) is 2.82. The summed E-state index contributed by atoms with van der Waals surface area (Å²) in [5.74, 6) is -0.485. The number of nitrogens with zero attached hydrogens (tertiary/aromatic N) is 1. The number of carboxylic acids is 1. The third kappa shape index (κ3) is 2.58. The van der Waals surface area contributed by atoms with Crippen molar-refractivity contribution in [3.8, 4) is 5.69 Å². The first-order valence-corrected chi connectivity index (χ1v) is 6.78. The van der Waals surface area contributed by atoms with Crippen molar-refractivity contribution < 1.29 is 9.90 Å². The van der Waals surface area contributed by atoms with Crippen LogP contribution < -0.4 is 0 Å². The van der Waals surface area contributed by atoms with Crippen LogP contribution in [-0.4, -0.2) is 15.6 Å². The Kier molecular flexibility index (Phi) is 3.75. The Morgan fingerprint density at radius 3 is 2.67 bits per heavy atom. The molecule has 1 aromatic heterocycles. The van der Waals surface area contributed by atoms with Gasteiger partial charge in [0, 0.05) is 15.5 Å². The first-order chi connectivity index (χ1) is 8.49. The highest BCUT2D eigenvalue weighted by Gasteiger charge is 2.13. The van der Waals surface area contributed by atoms with Crippen molar-refractivity contribution in [3.05, 3.63) is 51.4 Å². The molecule has 0 saturated heterocycles. The molecule has 0 saturated carbocycles. The molecule has 0 atom stereocenters. The second-order valence-electron chi connectivity index (χ2n) is 4.47. The van der Waals surface area contributed by atoms with E-state index >= 15 is 0 Å². The average Bonchev–Trinajstić information content (AvgIpc) is 2.72. The topological polar surface area (TPSA) is 42.2 Å². The molecule has 0 aliphatic rings. The Balaban J connectivity index is 2.54. The molecule has 0 bridgehead atoms. The Morgan fingerprint density at radius 1 is 1.33 bits per heavy atom. The molecular weight excluding hydrogens is 341 g/mol. The quantitative estimate of drug-likeness (QED) is 0.849. The number of rotatable bonds is 3. The summed E-state index contributed by atoms with van der Waals surface area (Å²) >= 11 is 2.12. The maximum Gasteiger partial charge on any atom is 0.352 e. The van der Waals surface area contributed by atoms with E-state index in [1.54, 1.807) is 10.6 Å². The van der Waals surface area contributed by atoms with Gasteiger partial charge in [-0.15, -0.1) is 0 Å². The Bertz CT molecular complexity index is 587. The highest BCUT2D eigenvalue weighted by Crippen LogP contribution is 2.21. The summed E-state index contributed by atoms with van der Waals surface area (Å²) in [5.41, 5.74) is 2.38. The van der Waals surface area contributed by atoms with E-state index in [0.29, 0.717) is 11.6 Å². The number of carbonyl (C=O) groups is 1. The maximum absolute atomic E-state index is 11.2. The predicted molar refractivity (Wildman–Crippen MR) is 79.5 cm³/mol. The second kappa shape index (κ2) is 5.14. The lowest BCUT2D eigenvalue weighted by molar-refractivity contribution is 0.0688. The molecule has 94 valence electrons. The SMILES string of the molecule is CC(C)c1cccc(-n2cc(I)cc2C(=O)O)c1. The zero-order chi connectivity index (χ0) is 13.3. The van der Waals surface area contributed by atoms with Gasteiger partial charge in [0.15, 0.2) is 0 Å². The highest BCUT2D eigenvalue weighted by atomic mass is 127. The average molecular weight is 355 g/mol. The van der Waals surface area contributed by atoms with E-state index in [2.05, 4.69) is 42.5 Å². The normalized spacial score (nSPS) is 10.9. The molecule has 2 aromatic rings. The third-order valence-corrected chi connectivity index (χ3v) is 3.41. The molecule has 0 aliphatic heterocycles. The molecule has 3 nitrogen and oxygen atoms in total. The van der Waals surface area contributed by atoms with Crippen LogP contribution in [0.2, 0.25) is 0 Å². The Hall–Kier alpha value is -1.30. The van der Waals surface area contributed by atoms with Gasteiger partial charge in [0.2, 0.25) is 0 Å². The lowest BCUT2D eigenvalue weighted by Gasteiger charge is -2.10. The number of aromatic nitrogens is 1. The van der Waals surface area contributed by atoms with Gasteiger partial charge in [-0.1, -0.05) is 26.0 Å². The number of hydrogen-bond acceptors (Lipinski definition) is 1. The van der Waals surface area contributed by atoms with Crippen LogP contribution in [0.15, 0.2) is 36.5 Å². The highest BCUT2D eigenvalue weighted by molar-refractivity contribution is 14.1. The zero-order valence-corrected chi connectivity index (χ0v) is 12.4. The van der Waals surface area contributed by atoms with E-state index in [-0.39, 0.29) is 0 Å². The standard InChI is InChI=1S/C14H14INO2/c1-9(2)10-4-3-5-12(6-10)16-8-11(15)7-13(16)14(17)18/h3-9H,1-2H3,(H,17,18). The first-order valence-electron chi connectivity index (χ1n) is 5.70. The maximum atomic E-state index is 11.2. The minimum absolute atomic E-state index is 0.292. The van der Waals surface area contributed by atoms with Crippen molar-refractivity contribution >= 4 is 28.6 Å². The van der Waals surface area contributed by atoms with Crippen LogP contribution in [0.25, 0.3) is 5.69 Å². The van der Waals surface area contributed by atoms with Gasteiger partial charge in [-0.05, 0) is 52.3 Å². The van der Waals surface area contributed by atoms with E-state index in [0.717, 1.165) is 9.26 Å². The van der Waals surface area contributed by atoms with Gasteiger partial charge in [0.25, 0.3) is 0 Å². The fourth-order valence-electron chi connectivity index (χ4n) is 1.84. The molecule has 0 fully saturated rings. The first kappa shape index (κ1) is 13.1. The summed E-state index contributed by atoms with van der Waals surface area (Å²) in [5, 5.41) is 9.19. The molecule has 1 aromatic carbocycles. The molecule has 1 N–H and O–H groups in total. The van der Waals surface area contributed by atoms with E-state index in [1.807, 2.05) is 24.4 Å². The summed E-state index contributed by atoms with van der Waals surface area (Å²) in [6, 6.07) is 9.65. The molecule has 2 rings (SSSR count). The van der Waals surface area contributed by atoms with Crippen LogP contribution >= 0.6 is 22.6 Å². The fourth-order valence-corrected chi connectivity index (χ4v) is 2.42. The van der Waals surface area contributed by atoms with Crippen molar-refractivity contribution in [1.29, 1.82) is 0 Å². The molecule has 18 heavy (non-hydrogen) atoms. The molecule has 0 amide bonds. The van der Waals surface area contributed by atoms with E-state index in [9.17, 15) is 9.90 Å². The van der Waals surface area contributed by atoms with Crippen LogP contribution in [0, 0.1) is 3.57 Å². The molecular formula is C14H14INO2. The molecule has 0 radical (unpaired) electrons. The summed E-state index contributed by atoms with van der Waals surface area (Å²) in [7, 11) is 0. The van der Waals surface area contributed by atoms with Gasteiger partial charge < -0.3 is 9.67 Å². The Morgan fingerprint density at radius 2 is 2.06 bits per heavy atom. The van der Waals surface area contributed by atoms with Crippen molar-refractivity contribution in [2.24, 2.45) is 0 Å². The van der Waals surface area contributed by atoms with Crippen LogP contribution in [0.1, 0.15) is 35.8 Å². The predicted octanol–water partition coefficient (Wildman–Crippen LogP) is 3.90. The van der Waals surface area contributed by atoms with Gasteiger partial charge in [-0.25, -0.2) is 4.79 Å². The van der Waals surface area contributed by atoms with Crippen molar-refractivity contribution in [2.45, 2.75) is 19.8 Å². The Labute approximate surface area is 120 Å². The van der Waals surface area contributed by atoms with E-state index < -0.39 is 5.97 Å². The van der Waals surface area contributed by atoms with Crippen LogP contribution in [0.4, 0.5) is 0 Å². The summed E-state index contributed by atoms with van der Waals surface area (Å²) in [6.07, 6.45) is 1.84.